The van der Waals surface area contributed by atoms with E-state index in [1.807, 2.05) is 0 Å². The highest BCUT2D eigenvalue weighted by Gasteiger charge is 2.32. The van der Waals surface area contributed by atoms with E-state index in [0.29, 0.717) is 6.61 Å². The van der Waals surface area contributed by atoms with Crippen LogP contribution in [0.15, 0.2) is 23.1 Å². The maximum Gasteiger partial charge on any atom is 0.416 e. The Hall–Kier alpha value is -0.720. The van der Waals surface area contributed by atoms with Crippen LogP contribution in [0.4, 0.5) is 13.2 Å². The van der Waals surface area contributed by atoms with Gasteiger partial charge < -0.3 is 10.5 Å². The molecule has 0 atom stereocenters. The normalized spacial score (nSPS) is 11.8. The average Bonchev–Trinajstić information content (AvgIpc) is 2.33. The zero-order valence-corrected chi connectivity index (χ0v) is 10.9. The third-order valence-corrected chi connectivity index (χ3v) is 3.44. The SMILES string of the molecule is COCCCSc1ccc(C(F)(F)F)c(CN)c1. The number of methoxy groups -OCH3 is 1. The van der Waals surface area contributed by atoms with E-state index in [9.17, 15) is 13.2 Å². The van der Waals surface area contributed by atoms with Gasteiger partial charge in [0, 0.05) is 30.9 Å². The Balaban J connectivity index is 2.73. The first-order valence-corrected chi connectivity index (χ1v) is 6.49. The van der Waals surface area contributed by atoms with Gasteiger partial charge in [0.15, 0.2) is 0 Å². The van der Waals surface area contributed by atoms with Crippen molar-refractivity contribution >= 4 is 11.8 Å². The lowest BCUT2D eigenvalue weighted by Gasteiger charge is -2.13. The molecule has 0 aliphatic carbocycles. The summed E-state index contributed by atoms with van der Waals surface area (Å²) in [5, 5.41) is 0. The minimum atomic E-state index is -4.34. The van der Waals surface area contributed by atoms with Gasteiger partial charge in [-0.25, -0.2) is 0 Å². The zero-order chi connectivity index (χ0) is 13.6. The zero-order valence-electron chi connectivity index (χ0n) is 10.1. The Morgan fingerprint density at radius 2 is 2.06 bits per heavy atom. The molecule has 0 bridgehead atoms. The minimum Gasteiger partial charge on any atom is -0.385 e. The van der Waals surface area contributed by atoms with Gasteiger partial charge in [0.25, 0.3) is 0 Å². The van der Waals surface area contributed by atoms with Crippen molar-refractivity contribution < 1.29 is 17.9 Å². The topological polar surface area (TPSA) is 35.2 Å². The summed E-state index contributed by atoms with van der Waals surface area (Å²) >= 11 is 1.51. The van der Waals surface area contributed by atoms with Crippen LogP contribution in [-0.4, -0.2) is 19.5 Å². The van der Waals surface area contributed by atoms with Crippen molar-refractivity contribution in [2.24, 2.45) is 5.73 Å². The van der Waals surface area contributed by atoms with Gasteiger partial charge in [-0.3, -0.25) is 0 Å². The summed E-state index contributed by atoms with van der Waals surface area (Å²) in [6, 6.07) is 4.10. The molecule has 0 fully saturated rings. The van der Waals surface area contributed by atoms with Gasteiger partial charge in [-0.15, -0.1) is 11.8 Å². The first-order valence-electron chi connectivity index (χ1n) is 5.51. The van der Waals surface area contributed by atoms with Crippen molar-refractivity contribution in [3.8, 4) is 0 Å². The van der Waals surface area contributed by atoms with Gasteiger partial charge in [-0.2, -0.15) is 13.2 Å². The summed E-state index contributed by atoms with van der Waals surface area (Å²) in [5.74, 6) is 0.809. The monoisotopic (exact) mass is 279 g/mol. The van der Waals surface area contributed by atoms with E-state index < -0.39 is 11.7 Å². The molecule has 2 N–H and O–H groups in total. The van der Waals surface area contributed by atoms with Crippen molar-refractivity contribution in [1.82, 2.24) is 0 Å². The van der Waals surface area contributed by atoms with Gasteiger partial charge in [-0.1, -0.05) is 0 Å². The largest absolute Gasteiger partial charge is 0.416 e. The third-order valence-electron chi connectivity index (χ3n) is 2.36. The predicted octanol–water partition coefficient (Wildman–Crippen LogP) is 3.29. The minimum absolute atomic E-state index is 0.110. The molecule has 2 nitrogen and oxygen atoms in total. The van der Waals surface area contributed by atoms with Crippen molar-refractivity contribution in [3.05, 3.63) is 29.3 Å². The molecule has 0 radical (unpaired) electrons. The Kier molecular flexibility index (Phi) is 5.98. The van der Waals surface area contributed by atoms with Gasteiger partial charge in [0.05, 0.1) is 5.56 Å². The quantitative estimate of drug-likeness (QED) is 0.641. The smallest absolute Gasteiger partial charge is 0.385 e. The van der Waals surface area contributed by atoms with Gasteiger partial charge in [0.1, 0.15) is 0 Å². The molecule has 1 rings (SSSR count). The molecule has 0 aliphatic heterocycles. The molecule has 0 heterocycles. The number of ether oxygens (including phenoxy) is 1. The predicted molar refractivity (Wildman–Crippen MR) is 66.6 cm³/mol. The number of halogens is 3. The van der Waals surface area contributed by atoms with E-state index in [1.165, 1.54) is 23.9 Å². The van der Waals surface area contributed by atoms with Gasteiger partial charge in [-0.05, 0) is 30.2 Å². The highest BCUT2D eigenvalue weighted by atomic mass is 32.2. The number of rotatable bonds is 6. The summed E-state index contributed by atoms with van der Waals surface area (Å²) in [7, 11) is 1.62. The maximum atomic E-state index is 12.6. The highest BCUT2D eigenvalue weighted by molar-refractivity contribution is 7.99. The molecule has 0 aromatic heterocycles. The number of thioether (sulfide) groups is 1. The second kappa shape index (κ2) is 7.01. The van der Waals surface area contributed by atoms with E-state index in [-0.39, 0.29) is 12.1 Å². The number of benzene rings is 1. The van der Waals surface area contributed by atoms with Crippen LogP contribution in [0.5, 0.6) is 0 Å². The molecule has 0 saturated heterocycles. The van der Waals surface area contributed by atoms with Crippen LogP contribution in [0, 0.1) is 0 Å². The van der Waals surface area contributed by atoms with Crippen LogP contribution < -0.4 is 5.73 Å². The molecule has 6 heteroatoms. The molecule has 0 unspecified atom stereocenters. The summed E-state index contributed by atoms with van der Waals surface area (Å²) in [4.78, 5) is 0.805. The van der Waals surface area contributed by atoms with Gasteiger partial charge in [0.2, 0.25) is 0 Å². The Morgan fingerprint density at radius 3 is 2.61 bits per heavy atom. The molecule has 1 aromatic carbocycles. The van der Waals surface area contributed by atoms with Crippen LogP contribution in [0.2, 0.25) is 0 Å². The van der Waals surface area contributed by atoms with Crippen LogP contribution in [-0.2, 0) is 17.5 Å². The molecule has 18 heavy (non-hydrogen) atoms. The fourth-order valence-electron chi connectivity index (χ4n) is 1.50. The summed E-state index contributed by atoms with van der Waals surface area (Å²) < 4.78 is 42.8. The Bertz CT molecular complexity index is 382. The van der Waals surface area contributed by atoms with Crippen LogP contribution in [0.25, 0.3) is 0 Å². The van der Waals surface area contributed by atoms with Crippen molar-refractivity contribution in [3.63, 3.8) is 0 Å². The molecule has 0 aliphatic rings. The molecule has 0 spiro atoms. The Morgan fingerprint density at radius 1 is 1.33 bits per heavy atom. The van der Waals surface area contributed by atoms with E-state index in [0.717, 1.165) is 23.1 Å². The second-order valence-electron chi connectivity index (χ2n) is 3.72. The fraction of sp³-hybridized carbons (Fsp3) is 0.500. The maximum absolute atomic E-state index is 12.6. The van der Waals surface area contributed by atoms with E-state index in [2.05, 4.69) is 0 Å². The van der Waals surface area contributed by atoms with E-state index >= 15 is 0 Å². The lowest BCUT2D eigenvalue weighted by Crippen LogP contribution is -2.11. The molecule has 1 aromatic rings. The van der Waals surface area contributed by atoms with Crippen LogP contribution in [0.3, 0.4) is 0 Å². The molecule has 102 valence electrons. The number of hydrogen-bond acceptors (Lipinski definition) is 3. The second-order valence-corrected chi connectivity index (χ2v) is 4.88. The molecule has 0 amide bonds. The van der Waals surface area contributed by atoms with Crippen LogP contribution >= 0.6 is 11.8 Å². The molecular formula is C12H16F3NOS. The third kappa shape index (κ3) is 4.51. The van der Waals surface area contributed by atoms with Crippen LogP contribution in [0.1, 0.15) is 17.5 Å². The van der Waals surface area contributed by atoms with Crippen molar-refractivity contribution in [1.29, 1.82) is 0 Å². The lowest BCUT2D eigenvalue weighted by atomic mass is 10.1. The number of alkyl halides is 3. The Labute approximate surface area is 109 Å². The molecular weight excluding hydrogens is 263 g/mol. The van der Waals surface area contributed by atoms with Gasteiger partial charge >= 0.3 is 6.18 Å². The lowest BCUT2D eigenvalue weighted by molar-refractivity contribution is -0.138. The fourth-order valence-corrected chi connectivity index (χ4v) is 2.39. The average molecular weight is 279 g/mol. The molecule has 0 saturated carbocycles. The standard InChI is InChI=1S/C12H16F3NOS/c1-17-5-2-6-18-10-3-4-11(12(13,14)15)9(7-10)8-16/h3-4,7H,2,5-6,8,16H2,1H3. The van der Waals surface area contributed by atoms with Crippen molar-refractivity contribution in [2.75, 3.05) is 19.5 Å². The van der Waals surface area contributed by atoms with E-state index in [1.54, 1.807) is 7.11 Å². The van der Waals surface area contributed by atoms with Crippen molar-refractivity contribution in [2.45, 2.75) is 24.0 Å². The highest BCUT2D eigenvalue weighted by Crippen LogP contribution is 2.34. The van der Waals surface area contributed by atoms with E-state index in [4.69, 9.17) is 10.5 Å². The summed E-state index contributed by atoms with van der Waals surface area (Å²) in [6.45, 7) is 0.540. The number of nitrogens with two attached hydrogens (primary N) is 1. The number of hydrogen-bond donors (Lipinski definition) is 1. The summed E-state index contributed by atoms with van der Waals surface area (Å²) in [5.41, 5.74) is 4.85. The first kappa shape index (κ1) is 15.3. The first-order chi connectivity index (χ1) is 8.49. The summed E-state index contributed by atoms with van der Waals surface area (Å²) in [6.07, 6.45) is -3.48.